The Labute approximate surface area is 121 Å². The van der Waals surface area contributed by atoms with Crippen molar-refractivity contribution in [2.24, 2.45) is 5.84 Å². The van der Waals surface area contributed by atoms with Crippen molar-refractivity contribution in [1.29, 1.82) is 0 Å². The summed E-state index contributed by atoms with van der Waals surface area (Å²) in [5.74, 6) is 5.59. The van der Waals surface area contributed by atoms with Crippen LogP contribution in [0.1, 0.15) is 10.4 Å². The molecule has 4 N–H and O–H groups in total. The monoisotopic (exact) mass is 289 g/mol. The van der Waals surface area contributed by atoms with Gasteiger partial charge in [0.1, 0.15) is 0 Å². The van der Waals surface area contributed by atoms with Gasteiger partial charge in [-0.2, -0.15) is 9.97 Å². The maximum Gasteiger partial charge on any atom is 0.258 e. The smallest absolute Gasteiger partial charge is 0.258 e. The molecule has 0 unspecified atom stereocenters. The molecule has 0 aliphatic rings. The number of rotatable bonds is 5. The fourth-order valence-corrected chi connectivity index (χ4v) is 1.56. The predicted octanol–water partition coefficient (Wildman–Crippen LogP) is 1.03. The minimum atomic E-state index is -0.353. The number of carbonyl (C=O) groups excluding carboxylic acids is 1. The summed E-state index contributed by atoms with van der Waals surface area (Å²) in [5, 5.41) is 2.57. The fourth-order valence-electron chi connectivity index (χ4n) is 1.56. The summed E-state index contributed by atoms with van der Waals surface area (Å²) < 4.78 is 10.0. The minimum absolute atomic E-state index is 0.0947. The number of nitrogen functional groups attached to an aromatic ring is 1. The number of hydrogen-bond acceptors (Lipinski definition) is 7. The van der Waals surface area contributed by atoms with E-state index >= 15 is 0 Å². The van der Waals surface area contributed by atoms with Gasteiger partial charge in [-0.15, -0.1) is 0 Å². The lowest BCUT2D eigenvalue weighted by Gasteiger charge is -2.08. The minimum Gasteiger partial charge on any atom is -0.481 e. The van der Waals surface area contributed by atoms with Gasteiger partial charge < -0.3 is 14.9 Å². The second kappa shape index (κ2) is 6.53. The van der Waals surface area contributed by atoms with Crippen molar-refractivity contribution >= 4 is 17.5 Å². The van der Waals surface area contributed by atoms with Crippen LogP contribution in [0.25, 0.3) is 0 Å². The summed E-state index contributed by atoms with van der Waals surface area (Å²) in [6.45, 7) is 0. The number of amides is 1. The normalized spacial score (nSPS) is 9.86. The summed E-state index contributed by atoms with van der Waals surface area (Å²) in [7, 11) is 2.93. The van der Waals surface area contributed by atoms with E-state index in [1.807, 2.05) is 0 Å². The number of hydrazine groups is 1. The Morgan fingerprint density at radius 3 is 2.14 bits per heavy atom. The van der Waals surface area contributed by atoms with Crippen LogP contribution in [0.3, 0.4) is 0 Å². The number of nitrogens with one attached hydrogen (secondary N) is 2. The highest BCUT2D eigenvalue weighted by Crippen LogP contribution is 2.18. The lowest BCUT2D eigenvalue weighted by Crippen LogP contribution is -2.15. The van der Waals surface area contributed by atoms with Gasteiger partial charge in [-0.25, -0.2) is 0 Å². The van der Waals surface area contributed by atoms with Gasteiger partial charge >= 0.3 is 0 Å². The molecule has 0 saturated heterocycles. The molecule has 0 bridgehead atoms. The Morgan fingerprint density at radius 2 is 1.67 bits per heavy atom. The third-order valence-electron chi connectivity index (χ3n) is 2.64. The fraction of sp³-hybridized carbons (Fsp3) is 0.154. The zero-order valence-electron chi connectivity index (χ0n) is 11.6. The summed E-state index contributed by atoms with van der Waals surface area (Å²) in [4.78, 5) is 20.1. The van der Waals surface area contributed by atoms with Crippen LogP contribution in [0, 0.1) is 0 Å². The highest BCUT2D eigenvalue weighted by atomic mass is 16.5. The van der Waals surface area contributed by atoms with Crippen LogP contribution in [0.2, 0.25) is 0 Å². The maximum atomic E-state index is 12.1. The van der Waals surface area contributed by atoms with Gasteiger partial charge in [-0.1, -0.05) is 0 Å². The third kappa shape index (κ3) is 3.57. The molecule has 0 aliphatic heterocycles. The molecule has 1 aromatic carbocycles. The van der Waals surface area contributed by atoms with E-state index in [1.54, 1.807) is 24.3 Å². The summed E-state index contributed by atoms with van der Waals surface area (Å²) in [5.41, 5.74) is 3.63. The van der Waals surface area contributed by atoms with E-state index in [9.17, 15) is 4.79 Å². The maximum absolute atomic E-state index is 12.1. The number of nitrogens with two attached hydrogens (primary N) is 1. The average Bonchev–Trinajstić information content (AvgIpc) is 2.54. The number of ether oxygens (including phenoxy) is 2. The number of aromatic nitrogens is 2. The molecule has 0 spiro atoms. The van der Waals surface area contributed by atoms with Crippen molar-refractivity contribution in [3.63, 3.8) is 0 Å². The zero-order chi connectivity index (χ0) is 15.2. The molecule has 1 amide bonds. The van der Waals surface area contributed by atoms with Crippen LogP contribution in [0.4, 0.5) is 11.6 Å². The number of hydrogen-bond donors (Lipinski definition) is 3. The Balaban J connectivity index is 2.18. The van der Waals surface area contributed by atoms with Gasteiger partial charge in [-0.3, -0.25) is 16.0 Å². The highest BCUT2D eigenvalue weighted by Gasteiger charge is 2.10. The molecule has 0 saturated carbocycles. The molecule has 0 atom stereocenters. The molecular weight excluding hydrogens is 274 g/mol. The van der Waals surface area contributed by atoms with Crippen molar-refractivity contribution in [3.05, 3.63) is 35.9 Å². The number of benzene rings is 1. The molecule has 21 heavy (non-hydrogen) atoms. The summed E-state index contributed by atoms with van der Waals surface area (Å²) >= 11 is 0. The molecular formula is C13H15N5O3. The van der Waals surface area contributed by atoms with E-state index in [0.29, 0.717) is 23.0 Å². The van der Waals surface area contributed by atoms with E-state index in [0.717, 1.165) is 0 Å². The first-order chi connectivity index (χ1) is 10.2. The van der Waals surface area contributed by atoms with Gasteiger partial charge in [0.25, 0.3) is 5.91 Å². The van der Waals surface area contributed by atoms with E-state index in [2.05, 4.69) is 20.7 Å². The van der Waals surface area contributed by atoms with Crippen molar-refractivity contribution < 1.29 is 14.3 Å². The molecule has 8 heteroatoms. The van der Waals surface area contributed by atoms with Gasteiger partial charge in [-0.05, 0) is 24.3 Å². The standard InChI is InChI=1S/C13H15N5O3/c1-20-10-7-11(21-2)16-13(15-10)17-12(19)8-3-5-9(18-14)6-4-8/h3-7,18H,14H2,1-2H3,(H,15,16,17,19). The van der Waals surface area contributed by atoms with Crippen LogP contribution >= 0.6 is 0 Å². The van der Waals surface area contributed by atoms with Crippen LogP contribution in [0.5, 0.6) is 11.8 Å². The van der Waals surface area contributed by atoms with Crippen LogP contribution in [-0.2, 0) is 0 Å². The Kier molecular flexibility index (Phi) is 4.52. The van der Waals surface area contributed by atoms with Gasteiger partial charge in [0.05, 0.1) is 20.3 Å². The second-order valence-electron chi connectivity index (χ2n) is 3.95. The molecule has 1 heterocycles. The topological polar surface area (TPSA) is 111 Å². The zero-order valence-corrected chi connectivity index (χ0v) is 11.6. The van der Waals surface area contributed by atoms with Gasteiger partial charge in [0.2, 0.25) is 17.7 Å². The Bertz CT molecular complexity index is 608. The predicted molar refractivity (Wildman–Crippen MR) is 77.3 cm³/mol. The molecule has 0 fully saturated rings. The van der Waals surface area contributed by atoms with Crippen molar-refractivity contribution in [2.45, 2.75) is 0 Å². The van der Waals surface area contributed by atoms with E-state index in [-0.39, 0.29) is 11.9 Å². The summed E-state index contributed by atoms with van der Waals surface area (Å²) in [6.07, 6.45) is 0. The van der Waals surface area contributed by atoms with Crippen molar-refractivity contribution in [2.75, 3.05) is 25.0 Å². The lowest BCUT2D eigenvalue weighted by molar-refractivity contribution is 0.102. The van der Waals surface area contributed by atoms with Crippen LogP contribution < -0.4 is 26.1 Å². The largest absolute Gasteiger partial charge is 0.481 e. The Morgan fingerprint density at radius 1 is 1.10 bits per heavy atom. The quantitative estimate of drug-likeness (QED) is 0.556. The first kappa shape index (κ1) is 14.5. The number of carbonyl (C=O) groups is 1. The van der Waals surface area contributed by atoms with Crippen molar-refractivity contribution in [1.82, 2.24) is 9.97 Å². The molecule has 1 aromatic heterocycles. The SMILES string of the molecule is COc1cc(OC)nc(NC(=O)c2ccc(NN)cc2)n1. The van der Waals surface area contributed by atoms with Crippen LogP contribution in [-0.4, -0.2) is 30.1 Å². The van der Waals surface area contributed by atoms with E-state index in [1.165, 1.54) is 20.3 Å². The van der Waals surface area contributed by atoms with E-state index < -0.39 is 0 Å². The Hall–Kier alpha value is -2.87. The first-order valence-corrected chi connectivity index (χ1v) is 6.01. The molecule has 0 aliphatic carbocycles. The molecule has 0 radical (unpaired) electrons. The number of anilines is 2. The molecule has 2 rings (SSSR count). The molecule has 2 aromatic rings. The highest BCUT2D eigenvalue weighted by molar-refractivity contribution is 6.03. The van der Waals surface area contributed by atoms with Gasteiger partial charge in [0, 0.05) is 11.3 Å². The molecule has 8 nitrogen and oxygen atoms in total. The van der Waals surface area contributed by atoms with Gasteiger partial charge in [0.15, 0.2) is 0 Å². The lowest BCUT2D eigenvalue weighted by atomic mass is 10.2. The van der Waals surface area contributed by atoms with E-state index in [4.69, 9.17) is 15.3 Å². The van der Waals surface area contributed by atoms with Crippen molar-refractivity contribution in [3.8, 4) is 11.8 Å². The first-order valence-electron chi connectivity index (χ1n) is 6.01. The third-order valence-corrected chi connectivity index (χ3v) is 2.64. The van der Waals surface area contributed by atoms with Crippen LogP contribution in [0.15, 0.2) is 30.3 Å². The average molecular weight is 289 g/mol. The molecule has 110 valence electrons. The number of nitrogens with zero attached hydrogens (tertiary/aromatic N) is 2. The second-order valence-corrected chi connectivity index (χ2v) is 3.95. The number of methoxy groups -OCH3 is 2. The summed E-state index contributed by atoms with van der Waals surface area (Å²) in [6, 6.07) is 8.13.